The van der Waals surface area contributed by atoms with Gasteiger partial charge in [-0.15, -0.1) is 0 Å². The van der Waals surface area contributed by atoms with E-state index in [1.54, 1.807) is 0 Å². The van der Waals surface area contributed by atoms with Crippen LogP contribution in [0.2, 0.25) is 0 Å². The Labute approximate surface area is 141 Å². The minimum absolute atomic E-state index is 0.0895. The number of hydrogen-bond donors (Lipinski definition) is 0. The van der Waals surface area contributed by atoms with Gasteiger partial charge in [0, 0.05) is 36.4 Å². The van der Waals surface area contributed by atoms with Crippen molar-refractivity contribution < 1.29 is 0 Å². The Balaban J connectivity index is 1.82. The molecule has 4 rings (SSSR count). The van der Waals surface area contributed by atoms with E-state index in [4.69, 9.17) is 4.99 Å². The monoisotopic (exact) mass is 326 g/mol. The summed E-state index contributed by atoms with van der Waals surface area (Å²) >= 11 is 1.89. The molecular weight excluding hydrogens is 304 g/mol. The Morgan fingerprint density at radius 2 is 2.09 bits per heavy atom. The van der Waals surface area contributed by atoms with Gasteiger partial charge in [-0.05, 0) is 37.6 Å². The van der Waals surface area contributed by atoms with Crippen molar-refractivity contribution in [3.8, 4) is 0 Å². The van der Waals surface area contributed by atoms with E-state index in [0.29, 0.717) is 5.25 Å². The molecule has 2 aliphatic rings. The number of aryl methyl sites for hydroxylation is 1. The number of pyridine rings is 1. The highest BCUT2D eigenvalue weighted by molar-refractivity contribution is 8.14. The lowest BCUT2D eigenvalue weighted by Crippen LogP contribution is -2.28. The second kappa shape index (κ2) is 5.41. The molecule has 3 atom stereocenters. The van der Waals surface area contributed by atoms with Gasteiger partial charge in [-0.25, -0.2) is 0 Å². The molecule has 0 spiro atoms. The Morgan fingerprint density at radius 1 is 1.26 bits per heavy atom. The minimum Gasteiger partial charge on any atom is -0.352 e. The zero-order valence-electron chi connectivity index (χ0n) is 14.0. The Bertz CT molecular complexity index is 765. The molecule has 5 heteroatoms. The van der Waals surface area contributed by atoms with Crippen molar-refractivity contribution >= 4 is 16.9 Å². The molecule has 23 heavy (non-hydrogen) atoms. The molecule has 1 fully saturated rings. The Kier molecular flexibility index (Phi) is 3.48. The molecule has 0 radical (unpaired) electrons. The molecule has 0 aliphatic carbocycles. The van der Waals surface area contributed by atoms with Gasteiger partial charge in [0.1, 0.15) is 6.04 Å². The van der Waals surface area contributed by atoms with Crippen LogP contribution in [0.1, 0.15) is 41.7 Å². The smallest absolute Gasteiger partial charge is 0.160 e. The zero-order valence-corrected chi connectivity index (χ0v) is 14.8. The number of thioether (sulfide) groups is 1. The number of aliphatic imine (C=N–C) groups is 1. The summed E-state index contributed by atoms with van der Waals surface area (Å²) in [5.41, 5.74) is 5.07. The lowest BCUT2D eigenvalue weighted by molar-refractivity contribution is 0.320. The highest BCUT2D eigenvalue weighted by atomic mass is 32.2. The minimum atomic E-state index is 0.0895. The number of amidine groups is 1. The number of nitrogens with zero attached hydrogens (tertiary/aromatic N) is 4. The third-order valence-corrected chi connectivity index (χ3v) is 6.12. The zero-order chi connectivity index (χ0) is 16.1. The molecule has 0 unspecified atom stereocenters. The van der Waals surface area contributed by atoms with E-state index >= 15 is 0 Å². The average molecular weight is 326 g/mol. The molecule has 2 aromatic heterocycles. The predicted molar refractivity (Wildman–Crippen MR) is 95.8 cm³/mol. The van der Waals surface area contributed by atoms with Crippen LogP contribution in [0.5, 0.6) is 0 Å². The number of rotatable bonds is 2. The highest BCUT2D eigenvalue weighted by Crippen LogP contribution is 2.48. The first-order valence-corrected chi connectivity index (χ1v) is 8.99. The van der Waals surface area contributed by atoms with E-state index in [-0.39, 0.29) is 12.1 Å². The van der Waals surface area contributed by atoms with Crippen molar-refractivity contribution in [2.75, 3.05) is 6.54 Å². The topological polar surface area (TPSA) is 33.4 Å². The lowest BCUT2D eigenvalue weighted by Gasteiger charge is -2.27. The molecule has 0 aromatic carbocycles. The van der Waals surface area contributed by atoms with Crippen LogP contribution in [-0.2, 0) is 7.05 Å². The highest BCUT2D eigenvalue weighted by Gasteiger charge is 2.44. The molecule has 4 heterocycles. The summed E-state index contributed by atoms with van der Waals surface area (Å²) in [6, 6.07) is 8.80. The van der Waals surface area contributed by atoms with E-state index in [1.165, 1.54) is 22.1 Å². The fourth-order valence-corrected chi connectivity index (χ4v) is 4.73. The summed E-state index contributed by atoms with van der Waals surface area (Å²) in [5, 5.41) is 1.78. The average Bonchev–Trinajstić information content (AvgIpc) is 3.15. The van der Waals surface area contributed by atoms with E-state index in [0.717, 1.165) is 12.2 Å². The number of aromatic nitrogens is 2. The van der Waals surface area contributed by atoms with Gasteiger partial charge in [0.05, 0.1) is 11.7 Å². The van der Waals surface area contributed by atoms with Gasteiger partial charge in [-0.2, -0.15) is 0 Å². The van der Waals surface area contributed by atoms with E-state index in [2.05, 4.69) is 60.5 Å². The molecule has 0 amide bonds. The molecule has 4 nitrogen and oxygen atoms in total. The van der Waals surface area contributed by atoms with Crippen LogP contribution < -0.4 is 0 Å². The van der Waals surface area contributed by atoms with Crippen LogP contribution in [0.3, 0.4) is 0 Å². The van der Waals surface area contributed by atoms with Crippen LogP contribution in [-0.4, -0.2) is 31.4 Å². The quantitative estimate of drug-likeness (QED) is 0.845. The fourth-order valence-electron chi connectivity index (χ4n) is 3.64. The summed E-state index contributed by atoms with van der Waals surface area (Å²) in [6.45, 7) is 7.72. The second-order valence-electron chi connectivity index (χ2n) is 6.52. The van der Waals surface area contributed by atoms with Crippen LogP contribution in [0.15, 0.2) is 35.5 Å². The first-order valence-electron chi connectivity index (χ1n) is 8.11. The standard InChI is InChI=1S/C18H22N4S/c1-11-9-14(13(3)21(11)4)17-16(15-7-5-6-8-19-15)20-18-22(17)10-12(2)23-18/h5-9,12,16-17H,10H2,1-4H3/t12-,16-,17-/m1/s1. The first-order chi connectivity index (χ1) is 11.1. The summed E-state index contributed by atoms with van der Waals surface area (Å²) < 4.78 is 2.27. The summed E-state index contributed by atoms with van der Waals surface area (Å²) in [7, 11) is 2.14. The first kappa shape index (κ1) is 14.8. The third kappa shape index (κ3) is 2.29. The maximum atomic E-state index is 5.04. The van der Waals surface area contributed by atoms with Crippen LogP contribution in [0.4, 0.5) is 0 Å². The van der Waals surface area contributed by atoms with E-state index in [1.807, 2.05) is 24.0 Å². The Morgan fingerprint density at radius 3 is 2.74 bits per heavy atom. The molecule has 0 saturated carbocycles. The maximum absolute atomic E-state index is 5.04. The molecule has 2 aliphatic heterocycles. The normalized spacial score (nSPS) is 26.5. The van der Waals surface area contributed by atoms with Crippen molar-refractivity contribution in [2.24, 2.45) is 12.0 Å². The SMILES string of the molecule is Cc1cc([C@@H]2[C@@H](c3ccccn3)N=C3S[C@H](C)CN32)c(C)n1C. The maximum Gasteiger partial charge on any atom is 0.160 e. The second-order valence-corrected chi connectivity index (χ2v) is 7.93. The summed E-state index contributed by atoms with van der Waals surface area (Å²) in [4.78, 5) is 12.1. The van der Waals surface area contributed by atoms with E-state index < -0.39 is 0 Å². The van der Waals surface area contributed by atoms with Crippen molar-refractivity contribution in [1.82, 2.24) is 14.5 Å². The van der Waals surface area contributed by atoms with Crippen molar-refractivity contribution in [3.05, 3.63) is 53.1 Å². The van der Waals surface area contributed by atoms with Crippen molar-refractivity contribution in [2.45, 2.75) is 38.1 Å². The molecule has 1 saturated heterocycles. The molecular formula is C18H22N4S. The van der Waals surface area contributed by atoms with Crippen LogP contribution in [0.25, 0.3) is 0 Å². The largest absolute Gasteiger partial charge is 0.352 e. The fraction of sp³-hybridized carbons (Fsp3) is 0.444. The molecule has 0 bridgehead atoms. The van der Waals surface area contributed by atoms with Gasteiger partial charge < -0.3 is 9.47 Å². The van der Waals surface area contributed by atoms with Gasteiger partial charge >= 0.3 is 0 Å². The van der Waals surface area contributed by atoms with Crippen LogP contribution in [0, 0.1) is 13.8 Å². The van der Waals surface area contributed by atoms with Gasteiger partial charge in [0.2, 0.25) is 0 Å². The third-order valence-electron chi connectivity index (χ3n) is 5.01. The van der Waals surface area contributed by atoms with Gasteiger partial charge in [0.25, 0.3) is 0 Å². The van der Waals surface area contributed by atoms with Gasteiger partial charge in [-0.3, -0.25) is 9.98 Å². The summed E-state index contributed by atoms with van der Waals surface area (Å²) in [5.74, 6) is 0. The van der Waals surface area contributed by atoms with Crippen molar-refractivity contribution in [1.29, 1.82) is 0 Å². The molecule has 0 N–H and O–H groups in total. The number of fused-ring (bicyclic) bond motifs is 1. The van der Waals surface area contributed by atoms with Crippen LogP contribution >= 0.6 is 11.8 Å². The van der Waals surface area contributed by atoms with Gasteiger partial charge in [0.15, 0.2) is 5.17 Å². The van der Waals surface area contributed by atoms with E-state index in [9.17, 15) is 0 Å². The van der Waals surface area contributed by atoms with Gasteiger partial charge in [-0.1, -0.05) is 24.8 Å². The molecule has 2 aromatic rings. The number of hydrogen-bond acceptors (Lipinski definition) is 4. The predicted octanol–water partition coefficient (Wildman–Crippen LogP) is 3.63. The van der Waals surface area contributed by atoms with Crippen molar-refractivity contribution in [3.63, 3.8) is 0 Å². The molecule has 120 valence electrons. The Hall–Kier alpha value is -1.75. The summed E-state index contributed by atoms with van der Waals surface area (Å²) in [6.07, 6.45) is 1.87. The lowest BCUT2D eigenvalue weighted by atomic mass is 9.96.